The summed E-state index contributed by atoms with van der Waals surface area (Å²) in [5.41, 5.74) is 5.92. The molecule has 3 heteroatoms. The van der Waals surface area contributed by atoms with Gasteiger partial charge in [-0.1, -0.05) is 48.0 Å². The van der Waals surface area contributed by atoms with Gasteiger partial charge in [0.2, 0.25) is 0 Å². The largest absolute Gasteiger partial charge is 0.460 e. The SMILES string of the molecule is Cc1cc(C)c(CNC(CC(=O)OC(C)(C)C)Cc2ccccc2)c(C)c1. The Labute approximate surface area is 164 Å². The molecule has 0 spiro atoms. The lowest BCUT2D eigenvalue weighted by atomic mass is 9.98. The fraction of sp³-hybridized carbons (Fsp3) is 0.458. The summed E-state index contributed by atoms with van der Waals surface area (Å²) >= 11 is 0. The van der Waals surface area contributed by atoms with Crippen molar-refractivity contribution >= 4 is 5.97 Å². The molecule has 3 nitrogen and oxygen atoms in total. The summed E-state index contributed by atoms with van der Waals surface area (Å²) in [7, 11) is 0. The smallest absolute Gasteiger partial charge is 0.307 e. The summed E-state index contributed by atoms with van der Waals surface area (Å²) < 4.78 is 5.54. The highest BCUT2D eigenvalue weighted by atomic mass is 16.6. The predicted molar refractivity (Wildman–Crippen MR) is 112 cm³/mol. The van der Waals surface area contributed by atoms with Gasteiger partial charge in [-0.05, 0) is 70.2 Å². The molecule has 0 aliphatic rings. The first-order valence-corrected chi connectivity index (χ1v) is 9.70. The van der Waals surface area contributed by atoms with Gasteiger partial charge in [-0.25, -0.2) is 0 Å². The van der Waals surface area contributed by atoms with Crippen molar-refractivity contribution in [3.8, 4) is 0 Å². The Morgan fingerprint density at radius 1 is 1.04 bits per heavy atom. The van der Waals surface area contributed by atoms with Crippen LogP contribution in [0.5, 0.6) is 0 Å². The first-order valence-electron chi connectivity index (χ1n) is 9.70. The molecular weight excluding hydrogens is 334 g/mol. The van der Waals surface area contributed by atoms with Crippen LogP contribution in [0.2, 0.25) is 0 Å². The van der Waals surface area contributed by atoms with E-state index in [2.05, 4.69) is 50.4 Å². The van der Waals surface area contributed by atoms with Crippen molar-refractivity contribution in [1.82, 2.24) is 5.32 Å². The quantitative estimate of drug-likeness (QED) is 0.696. The second-order valence-corrected chi connectivity index (χ2v) is 8.44. The van der Waals surface area contributed by atoms with Gasteiger partial charge in [-0.2, -0.15) is 0 Å². The minimum atomic E-state index is -0.460. The third-order valence-electron chi connectivity index (χ3n) is 4.57. The molecule has 0 fully saturated rings. The average Bonchev–Trinajstić information content (AvgIpc) is 2.52. The number of nitrogens with one attached hydrogen (secondary N) is 1. The van der Waals surface area contributed by atoms with Gasteiger partial charge < -0.3 is 10.1 Å². The van der Waals surface area contributed by atoms with Crippen molar-refractivity contribution in [3.63, 3.8) is 0 Å². The molecule has 0 saturated heterocycles. The fourth-order valence-electron chi connectivity index (χ4n) is 3.43. The van der Waals surface area contributed by atoms with Crippen LogP contribution in [0.3, 0.4) is 0 Å². The highest BCUT2D eigenvalue weighted by Gasteiger charge is 2.21. The van der Waals surface area contributed by atoms with Crippen LogP contribution >= 0.6 is 0 Å². The van der Waals surface area contributed by atoms with Gasteiger partial charge >= 0.3 is 5.97 Å². The number of rotatable bonds is 7. The summed E-state index contributed by atoms with van der Waals surface area (Å²) in [5.74, 6) is -0.159. The molecule has 27 heavy (non-hydrogen) atoms. The summed E-state index contributed by atoms with van der Waals surface area (Å²) in [6, 6.07) is 14.7. The maximum atomic E-state index is 12.4. The van der Waals surface area contributed by atoms with Crippen molar-refractivity contribution in [3.05, 3.63) is 70.3 Å². The van der Waals surface area contributed by atoms with Crippen molar-refractivity contribution < 1.29 is 9.53 Å². The minimum Gasteiger partial charge on any atom is -0.460 e. The van der Waals surface area contributed by atoms with Crippen molar-refractivity contribution in [1.29, 1.82) is 0 Å². The van der Waals surface area contributed by atoms with Gasteiger partial charge in [0.1, 0.15) is 5.60 Å². The normalized spacial score (nSPS) is 12.7. The summed E-state index contributed by atoms with van der Waals surface area (Å²) in [6.45, 7) is 12.9. The van der Waals surface area contributed by atoms with Crippen molar-refractivity contribution in [2.45, 2.75) is 72.6 Å². The molecule has 0 heterocycles. The predicted octanol–water partition coefficient (Wildman–Crippen LogP) is 5.04. The molecule has 1 atom stereocenters. The van der Waals surface area contributed by atoms with Crippen LogP contribution in [0, 0.1) is 20.8 Å². The highest BCUT2D eigenvalue weighted by molar-refractivity contribution is 5.70. The van der Waals surface area contributed by atoms with E-state index in [0.717, 1.165) is 13.0 Å². The van der Waals surface area contributed by atoms with E-state index in [0.29, 0.717) is 6.42 Å². The molecule has 1 N–H and O–H groups in total. The van der Waals surface area contributed by atoms with Gasteiger partial charge in [0.15, 0.2) is 0 Å². The van der Waals surface area contributed by atoms with Crippen LogP contribution in [0.25, 0.3) is 0 Å². The van der Waals surface area contributed by atoms with E-state index < -0.39 is 5.60 Å². The second-order valence-electron chi connectivity index (χ2n) is 8.44. The van der Waals surface area contributed by atoms with Crippen molar-refractivity contribution in [2.75, 3.05) is 0 Å². The molecule has 2 rings (SSSR count). The van der Waals surface area contributed by atoms with E-state index in [4.69, 9.17) is 4.74 Å². The highest BCUT2D eigenvalue weighted by Crippen LogP contribution is 2.18. The molecule has 0 amide bonds. The third-order valence-corrected chi connectivity index (χ3v) is 4.57. The van der Waals surface area contributed by atoms with Crippen LogP contribution < -0.4 is 5.32 Å². The number of esters is 1. The van der Waals surface area contributed by atoms with Crippen molar-refractivity contribution in [2.24, 2.45) is 0 Å². The van der Waals surface area contributed by atoms with Crippen LogP contribution in [-0.2, 0) is 22.5 Å². The number of aryl methyl sites for hydroxylation is 3. The van der Waals surface area contributed by atoms with Gasteiger partial charge in [0.05, 0.1) is 6.42 Å². The Hall–Kier alpha value is -2.13. The van der Waals surface area contributed by atoms with E-state index in [-0.39, 0.29) is 12.0 Å². The number of benzene rings is 2. The third kappa shape index (κ3) is 7.18. The number of carbonyl (C=O) groups is 1. The fourth-order valence-corrected chi connectivity index (χ4v) is 3.43. The molecule has 0 aromatic heterocycles. The van der Waals surface area contributed by atoms with E-state index in [1.54, 1.807) is 0 Å². The molecule has 0 bridgehead atoms. The van der Waals surface area contributed by atoms with Crippen LogP contribution in [0.4, 0.5) is 0 Å². The lowest BCUT2D eigenvalue weighted by Crippen LogP contribution is -2.35. The lowest BCUT2D eigenvalue weighted by Gasteiger charge is -2.24. The number of carbonyl (C=O) groups excluding carboxylic acids is 1. The molecule has 0 aliphatic carbocycles. The summed E-state index contributed by atoms with van der Waals surface area (Å²) in [5, 5.41) is 3.60. The zero-order chi connectivity index (χ0) is 20.0. The molecule has 1 unspecified atom stereocenters. The minimum absolute atomic E-state index is 0.0300. The molecule has 0 aliphatic heterocycles. The molecule has 2 aromatic carbocycles. The Bertz CT molecular complexity index is 737. The maximum Gasteiger partial charge on any atom is 0.307 e. The van der Waals surface area contributed by atoms with Crippen LogP contribution in [0.15, 0.2) is 42.5 Å². The summed E-state index contributed by atoms with van der Waals surface area (Å²) in [4.78, 5) is 12.4. The van der Waals surface area contributed by atoms with E-state index in [1.165, 1.54) is 27.8 Å². The van der Waals surface area contributed by atoms with Crippen LogP contribution in [0.1, 0.15) is 55.0 Å². The standard InChI is InChI=1S/C24H33NO2/c1-17-12-18(2)22(19(3)13-17)16-25-21(14-20-10-8-7-9-11-20)15-23(26)27-24(4,5)6/h7-13,21,25H,14-16H2,1-6H3. The molecule has 146 valence electrons. The average molecular weight is 368 g/mol. The lowest BCUT2D eigenvalue weighted by molar-refractivity contribution is -0.155. The zero-order valence-corrected chi connectivity index (χ0v) is 17.6. The Morgan fingerprint density at radius 2 is 1.63 bits per heavy atom. The second kappa shape index (κ2) is 9.18. The maximum absolute atomic E-state index is 12.4. The number of hydrogen-bond donors (Lipinski definition) is 1. The van der Waals surface area contributed by atoms with E-state index in [1.807, 2.05) is 39.0 Å². The molecule has 0 saturated carbocycles. The van der Waals surface area contributed by atoms with E-state index >= 15 is 0 Å². The Morgan fingerprint density at radius 3 is 2.19 bits per heavy atom. The van der Waals surface area contributed by atoms with Gasteiger partial charge in [-0.15, -0.1) is 0 Å². The topological polar surface area (TPSA) is 38.3 Å². The number of hydrogen-bond acceptors (Lipinski definition) is 3. The van der Waals surface area contributed by atoms with Gasteiger partial charge in [0, 0.05) is 12.6 Å². The van der Waals surface area contributed by atoms with Gasteiger partial charge in [0.25, 0.3) is 0 Å². The zero-order valence-electron chi connectivity index (χ0n) is 17.6. The van der Waals surface area contributed by atoms with Crippen LogP contribution in [-0.4, -0.2) is 17.6 Å². The first kappa shape index (κ1) is 21.2. The number of ether oxygens (including phenoxy) is 1. The summed E-state index contributed by atoms with van der Waals surface area (Å²) in [6.07, 6.45) is 1.15. The molecule has 0 radical (unpaired) electrons. The first-order chi connectivity index (χ1) is 12.6. The Kier molecular flexibility index (Phi) is 7.20. The van der Waals surface area contributed by atoms with Gasteiger partial charge in [-0.3, -0.25) is 4.79 Å². The monoisotopic (exact) mass is 367 g/mol. The van der Waals surface area contributed by atoms with E-state index in [9.17, 15) is 4.79 Å². The molecule has 2 aromatic rings. The molecular formula is C24H33NO2. The Balaban J connectivity index is 2.11.